The maximum absolute atomic E-state index is 12.1. The van der Waals surface area contributed by atoms with Crippen LogP contribution in [-0.2, 0) is 6.54 Å². The predicted molar refractivity (Wildman–Crippen MR) is 77.3 cm³/mol. The lowest BCUT2D eigenvalue weighted by Gasteiger charge is -2.05. The highest BCUT2D eigenvalue weighted by atomic mass is 16.2. The van der Waals surface area contributed by atoms with Gasteiger partial charge < -0.3 is 10.4 Å². The topological polar surface area (TPSA) is 90.9 Å². The Balaban J connectivity index is 2.08. The van der Waals surface area contributed by atoms with Gasteiger partial charge in [-0.1, -0.05) is 11.8 Å². The normalized spacial score (nSPS) is 9.81. The van der Waals surface area contributed by atoms with Crippen LogP contribution in [0.25, 0.3) is 0 Å². The molecule has 0 fully saturated rings. The molecule has 0 atom stereocenters. The largest absolute Gasteiger partial charge is 0.395 e. The summed E-state index contributed by atoms with van der Waals surface area (Å²) in [7, 11) is 0. The van der Waals surface area contributed by atoms with E-state index in [-0.39, 0.29) is 19.1 Å². The molecular weight excluding hydrogens is 268 g/mol. The summed E-state index contributed by atoms with van der Waals surface area (Å²) in [5, 5.41) is 17.9. The first-order chi connectivity index (χ1) is 10.2. The van der Waals surface area contributed by atoms with Crippen LogP contribution in [0.4, 0.5) is 0 Å². The average molecular weight is 284 g/mol. The summed E-state index contributed by atoms with van der Waals surface area (Å²) in [4.78, 5) is 16.1. The van der Waals surface area contributed by atoms with Crippen molar-refractivity contribution in [2.24, 2.45) is 0 Å². The summed E-state index contributed by atoms with van der Waals surface area (Å²) in [5.41, 5.74) is 2.26. The maximum Gasteiger partial charge on any atom is 0.251 e. The second-order valence-electron chi connectivity index (χ2n) is 4.48. The molecular formula is C15H16N4O2. The fourth-order valence-corrected chi connectivity index (χ4v) is 1.79. The molecule has 0 unspecified atom stereocenters. The first-order valence-corrected chi connectivity index (χ1v) is 6.53. The minimum atomic E-state index is -0.194. The van der Waals surface area contributed by atoms with Crippen molar-refractivity contribution >= 4 is 5.91 Å². The van der Waals surface area contributed by atoms with Crippen molar-refractivity contribution in [2.75, 3.05) is 6.61 Å². The number of aromatic nitrogens is 3. The average Bonchev–Trinajstić information content (AvgIpc) is 2.98. The van der Waals surface area contributed by atoms with Crippen LogP contribution in [0.3, 0.4) is 0 Å². The molecule has 0 aliphatic rings. The number of aliphatic hydroxyl groups excluding tert-OH is 1. The third kappa shape index (κ3) is 4.44. The van der Waals surface area contributed by atoms with E-state index in [1.54, 1.807) is 12.1 Å². The molecule has 3 N–H and O–H groups in total. The Labute approximate surface area is 122 Å². The van der Waals surface area contributed by atoms with Gasteiger partial charge in [0.1, 0.15) is 12.2 Å². The number of carbonyl (C=O) groups excluding carboxylic acids is 1. The molecule has 2 rings (SSSR count). The number of amides is 1. The van der Waals surface area contributed by atoms with Crippen molar-refractivity contribution in [3.63, 3.8) is 0 Å². The molecule has 1 amide bonds. The second kappa shape index (κ2) is 7.22. The quantitative estimate of drug-likeness (QED) is 0.723. The van der Waals surface area contributed by atoms with Crippen LogP contribution < -0.4 is 5.32 Å². The van der Waals surface area contributed by atoms with E-state index >= 15 is 0 Å². The van der Waals surface area contributed by atoms with Gasteiger partial charge in [0.15, 0.2) is 0 Å². The third-order valence-electron chi connectivity index (χ3n) is 2.69. The Bertz CT molecular complexity index is 669. The fourth-order valence-electron chi connectivity index (χ4n) is 1.79. The van der Waals surface area contributed by atoms with E-state index in [4.69, 9.17) is 5.11 Å². The number of carbonyl (C=O) groups is 1. The van der Waals surface area contributed by atoms with Crippen molar-refractivity contribution in [2.45, 2.75) is 19.9 Å². The predicted octanol–water partition coefficient (Wildman–Crippen LogP) is 0.777. The second-order valence-corrected chi connectivity index (χ2v) is 4.48. The molecule has 1 heterocycles. The maximum atomic E-state index is 12.1. The number of aliphatic hydroxyl groups is 1. The Morgan fingerprint density at radius 1 is 1.43 bits per heavy atom. The van der Waals surface area contributed by atoms with Gasteiger partial charge in [0, 0.05) is 17.5 Å². The fraction of sp³-hybridized carbons (Fsp3) is 0.267. The molecule has 0 saturated carbocycles. The molecule has 0 bridgehead atoms. The molecule has 2 aromatic rings. The van der Waals surface area contributed by atoms with E-state index in [0.717, 1.165) is 11.1 Å². The van der Waals surface area contributed by atoms with Gasteiger partial charge >= 0.3 is 0 Å². The van der Waals surface area contributed by atoms with Gasteiger partial charge in [-0.05, 0) is 30.7 Å². The van der Waals surface area contributed by atoms with E-state index in [0.29, 0.717) is 17.8 Å². The molecule has 0 saturated heterocycles. The lowest BCUT2D eigenvalue weighted by molar-refractivity contribution is 0.0950. The number of H-pyrrole nitrogens is 1. The smallest absolute Gasteiger partial charge is 0.251 e. The van der Waals surface area contributed by atoms with Crippen LogP contribution in [0.15, 0.2) is 24.5 Å². The van der Waals surface area contributed by atoms with E-state index in [1.807, 2.05) is 13.0 Å². The lowest BCUT2D eigenvalue weighted by Crippen LogP contribution is -2.23. The van der Waals surface area contributed by atoms with Gasteiger partial charge in [-0.15, -0.1) is 0 Å². The zero-order valence-corrected chi connectivity index (χ0v) is 11.7. The first kappa shape index (κ1) is 14.8. The van der Waals surface area contributed by atoms with Crippen LogP contribution in [0.5, 0.6) is 0 Å². The number of nitrogens with one attached hydrogen (secondary N) is 2. The van der Waals surface area contributed by atoms with Gasteiger partial charge in [-0.3, -0.25) is 9.89 Å². The molecule has 6 heteroatoms. The molecule has 108 valence electrons. The van der Waals surface area contributed by atoms with Crippen molar-refractivity contribution in [1.29, 1.82) is 0 Å². The Kier molecular flexibility index (Phi) is 5.07. The van der Waals surface area contributed by atoms with Crippen LogP contribution in [0.1, 0.15) is 33.7 Å². The van der Waals surface area contributed by atoms with Crippen LogP contribution in [0.2, 0.25) is 0 Å². The molecule has 0 aliphatic carbocycles. The zero-order chi connectivity index (χ0) is 15.1. The molecule has 1 aromatic carbocycles. The molecule has 0 spiro atoms. The summed E-state index contributed by atoms with van der Waals surface area (Å²) in [6.45, 7) is 2.23. The molecule has 6 nitrogen and oxygen atoms in total. The Morgan fingerprint density at radius 2 is 2.29 bits per heavy atom. The minimum Gasteiger partial charge on any atom is -0.395 e. The molecule has 0 radical (unpaired) electrons. The number of rotatable bonds is 4. The lowest BCUT2D eigenvalue weighted by atomic mass is 10.1. The molecule has 21 heavy (non-hydrogen) atoms. The SMILES string of the molecule is Cc1cc(C#CCCO)cc(C(=O)NCc2ncn[nH]2)c1. The monoisotopic (exact) mass is 284 g/mol. The Hall–Kier alpha value is -2.65. The van der Waals surface area contributed by atoms with E-state index in [9.17, 15) is 4.79 Å². The summed E-state index contributed by atoms with van der Waals surface area (Å²) in [6.07, 6.45) is 1.81. The van der Waals surface area contributed by atoms with Crippen molar-refractivity contribution in [3.8, 4) is 11.8 Å². The summed E-state index contributed by atoms with van der Waals surface area (Å²) in [5.74, 6) is 6.18. The van der Waals surface area contributed by atoms with Crippen LogP contribution in [0, 0.1) is 18.8 Å². The standard InChI is InChI=1S/C15H16N4O2/c1-11-6-12(4-2-3-5-20)8-13(7-11)15(21)16-9-14-17-10-18-19-14/h6-8,10,20H,3,5,9H2,1H3,(H,16,21)(H,17,18,19). The van der Waals surface area contributed by atoms with Crippen molar-refractivity contribution < 1.29 is 9.90 Å². The van der Waals surface area contributed by atoms with Gasteiger partial charge in [0.2, 0.25) is 0 Å². The van der Waals surface area contributed by atoms with Gasteiger partial charge in [0.05, 0.1) is 13.2 Å². The number of hydrogen-bond donors (Lipinski definition) is 3. The summed E-state index contributed by atoms with van der Waals surface area (Å²) >= 11 is 0. The van der Waals surface area contributed by atoms with E-state index in [1.165, 1.54) is 6.33 Å². The third-order valence-corrected chi connectivity index (χ3v) is 2.69. The Morgan fingerprint density at radius 3 is 3.00 bits per heavy atom. The number of nitrogens with zero attached hydrogens (tertiary/aromatic N) is 2. The number of benzene rings is 1. The van der Waals surface area contributed by atoms with Crippen LogP contribution in [-0.4, -0.2) is 32.8 Å². The number of aryl methyl sites for hydroxylation is 1. The van der Waals surface area contributed by atoms with Crippen molar-refractivity contribution in [1.82, 2.24) is 20.5 Å². The van der Waals surface area contributed by atoms with Gasteiger partial charge in [-0.2, -0.15) is 5.10 Å². The molecule has 1 aromatic heterocycles. The number of hydrogen-bond acceptors (Lipinski definition) is 4. The summed E-state index contributed by atoms with van der Waals surface area (Å²) < 4.78 is 0. The van der Waals surface area contributed by atoms with Gasteiger partial charge in [0.25, 0.3) is 5.91 Å². The molecule has 0 aliphatic heterocycles. The number of aromatic amines is 1. The van der Waals surface area contributed by atoms with Gasteiger partial charge in [-0.25, -0.2) is 4.98 Å². The first-order valence-electron chi connectivity index (χ1n) is 6.53. The zero-order valence-electron chi connectivity index (χ0n) is 11.7. The van der Waals surface area contributed by atoms with E-state index in [2.05, 4.69) is 32.3 Å². The summed E-state index contributed by atoms with van der Waals surface area (Å²) in [6, 6.07) is 5.43. The highest BCUT2D eigenvalue weighted by Gasteiger charge is 2.07. The van der Waals surface area contributed by atoms with E-state index < -0.39 is 0 Å². The minimum absolute atomic E-state index is 0.0311. The highest BCUT2D eigenvalue weighted by Crippen LogP contribution is 2.09. The van der Waals surface area contributed by atoms with Crippen molar-refractivity contribution in [3.05, 3.63) is 47.0 Å². The van der Waals surface area contributed by atoms with Crippen LogP contribution >= 0.6 is 0 Å². The highest BCUT2D eigenvalue weighted by molar-refractivity contribution is 5.94.